The average molecular weight is 323 g/mol. The fraction of sp³-hybridized carbons (Fsp3) is 0.474. The van der Waals surface area contributed by atoms with Crippen LogP contribution in [-0.4, -0.2) is 36.1 Å². The predicted molar refractivity (Wildman–Crippen MR) is 98.2 cm³/mol. The number of aryl methyl sites for hydroxylation is 1. The molecule has 24 heavy (non-hydrogen) atoms. The molecule has 4 rings (SSSR count). The van der Waals surface area contributed by atoms with Crippen molar-refractivity contribution in [2.24, 2.45) is 0 Å². The average Bonchev–Trinajstić information content (AvgIpc) is 3.06. The summed E-state index contributed by atoms with van der Waals surface area (Å²) >= 11 is 0. The molecule has 0 spiro atoms. The molecule has 1 saturated heterocycles. The maximum atomic E-state index is 6.10. The van der Waals surface area contributed by atoms with Crippen molar-refractivity contribution in [3.8, 4) is 11.3 Å². The Morgan fingerprint density at radius 1 is 1.17 bits per heavy atom. The van der Waals surface area contributed by atoms with Gasteiger partial charge in [-0.25, -0.2) is 4.98 Å². The number of nitrogens with zero attached hydrogens (tertiary/aromatic N) is 3. The maximum absolute atomic E-state index is 6.10. The van der Waals surface area contributed by atoms with Gasteiger partial charge in [-0.05, 0) is 44.7 Å². The normalized spacial score (nSPS) is 20.2. The van der Waals surface area contributed by atoms with Gasteiger partial charge in [-0.1, -0.05) is 24.3 Å². The highest BCUT2D eigenvalue weighted by Gasteiger charge is 2.27. The van der Waals surface area contributed by atoms with E-state index in [1.165, 1.54) is 29.5 Å². The van der Waals surface area contributed by atoms with E-state index >= 15 is 0 Å². The Balaban J connectivity index is 1.84. The zero-order valence-electron chi connectivity index (χ0n) is 14.3. The van der Waals surface area contributed by atoms with Crippen LogP contribution in [0.1, 0.15) is 30.4 Å². The first kappa shape index (κ1) is 15.4. The first-order valence-electron chi connectivity index (χ1n) is 8.93. The molecule has 1 atom stereocenters. The monoisotopic (exact) mass is 323 g/mol. The number of hydrogen-bond acceptors (Lipinski definition) is 5. The zero-order valence-corrected chi connectivity index (χ0v) is 14.3. The van der Waals surface area contributed by atoms with Gasteiger partial charge in [0.25, 0.3) is 0 Å². The lowest BCUT2D eigenvalue weighted by Crippen LogP contribution is -2.30. The van der Waals surface area contributed by atoms with Crippen LogP contribution >= 0.6 is 0 Å². The van der Waals surface area contributed by atoms with Gasteiger partial charge in [0, 0.05) is 30.3 Å². The van der Waals surface area contributed by atoms with Gasteiger partial charge < -0.3 is 16.0 Å². The second-order valence-electron chi connectivity index (χ2n) is 6.82. The smallest absolute Gasteiger partial charge is 0.222 e. The Hall–Kier alpha value is -2.14. The highest BCUT2D eigenvalue weighted by atomic mass is 15.2. The van der Waals surface area contributed by atoms with E-state index in [9.17, 15) is 0 Å². The summed E-state index contributed by atoms with van der Waals surface area (Å²) in [4.78, 5) is 11.7. The van der Waals surface area contributed by atoms with E-state index in [-0.39, 0.29) is 0 Å². The minimum atomic E-state index is 0.382. The summed E-state index contributed by atoms with van der Waals surface area (Å²) in [5.41, 5.74) is 11.0. The van der Waals surface area contributed by atoms with Crippen molar-refractivity contribution in [2.75, 3.05) is 30.8 Å². The lowest BCUT2D eigenvalue weighted by Gasteiger charge is -2.25. The molecule has 0 bridgehead atoms. The van der Waals surface area contributed by atoms with Crippen LogP contribution in [0.2, 0.25) is 0 Å². The molecule has 5 nitrogen and oxygen atoms in total. The maximum Gasteiger partial charge on any atom is 0.222 e. The van der Waals surface area contributed by atoms with E-state index in [0.717, 1.165) is 43.9 Å². The standard InChI is InChI=1S/C19H25N5/c1-21-14-10-11-24(12-14)18-16-9-5-3-7-13-6-2-4-8-15(13)17(16)22-19(20)23-18/h2,4,6,8,14,21H,3,5,7,9-12H2,1H3,(H2,20,22,23)/t14-/m1/s1. The van der Waals surface area contributed by atoms with E-state index in [0.29, 0.717) is 12.0 Å². The molecule has 1 aromatic carbocycles. The summed E-state index contributed by atoms with van der Waals surface area (Å²) in [5.74, 6) is 1.43. The second kappa shape index (κ2) is 6.40. The van der Waals surface area contributed by atoms with Crippen LogP contribution in [0.3, 0.4) is 0 Å². The number of fused-ring (bicyclic) bond motifs is 3. The van der Waals surface area contributed by atoms with Crippen molar-refractivity contribution >= 4 is 11.8 Å². The van der Waals surface area contributed by atoms with Crippen LogP contribution in [0.5, 0.6) is 0 Å². The van der Waals surface area contributed by atoms with Gasteiger partial charge in [-0.2, -0.15) is 4.98 Å². The number of aromatic nitrogens is 2. The molecule has 0 amide bonds. The van der Waals surface area contributed by atoms with Gasteiger partial charge in [0.15, 0.2) is 0 Å². The highest BCUT2D eigenvalue weighted by molar-refractivity contribution is 5.73. The molecule has 2 heterocycles. The van der Waals surface area contributed by atoms with Crippen LogP contribution in [0.25, 0.3) is 11.3 Å². The second-order valence-corrected chi connectivity index (χ2v) is 6.82. The van der Waals surface area contributed by atoms with Crippen molar-refractivity contribution in [3.63, 3.8) is 0 Å². The lowest BCUT2D eigenvalue weighted by atomic mass is 9.91. The Morgan fingerprint density at radius 2 is 2.00 bits per heavy atom. The van der Waals surface area contributed by atoms with E-state index in [4.69, 9.17) is 5.73 Å². The van der Waals surface area contributed by atoms with Crippen molar-refractivity contribution in [3.05, 3.63) is 35.4 Å². The van der Waals surface area contributed by atoms with E-state index in [2.05, 4.69) is 44.5 Å². The van der Waals surface area contributed by atoms with Crippen molar-refractivity contribution in [1.29, 1.82) is 0 Å². The Kier molecular flexibility index (Phi) is 4.10. The number of rotatable bonds is 2. The van der Waals surface area contributed by atoms with Crippen molar-refractivity contribution in [2.45, 2.75) is 38.1 Å². The van der Waals surface area contributed by atoms with Crippen molar-refractivity contribution in [1.82, 2.24) is 15.3 Å². The minimum absolute atomic E-state index is 0.382. The minimum Gasteiger partial charge on any atom is -0.368 e. The fourth-order valence-electron chi connectivity index (χ4n) is 3.98. The van der Waals surface area contributed by atoms with E-state index in [1.54, 1.807) is 0 Å². The molecule has 1 fully saturated rings. The van der Waals surface area contributed by atoms with Gasteiger partial charge in [0.05, 0.1) is 5.69 Å². The van der Waals surface area contributed by atoms with Gasteiger partial charge in [0.1, 0.15) is 5.82 Å². The number of nitrogens with two attached hydrogens (primary N) is 1. The third-order valence-electron chi connectivity index (χ3n) is 5.29. The van der Waals surface area contributed by atoms with Crippen LogP contribution in [0.15, 0.2) is 24.3 Å². The van der Waals surface area contributed by atoms with Crippen LogP contribution in [-0.2, 0) is 12.8 Å². The largest absolute Gasteiger partial charge is 0.368 e. The molecule has 3 N–H and O–H groups in total. The summed E-state index contributed by atoms with van der Waals surface area (Å²) in [7, 11) is 2.03. The van der Waals surface area contributed by atoms with Gasteiger partial charge in [-0.15, -0.1) is 0 Å². The summed E-state index contributed by atoms with van der Waals surface area (Å²) in [6, 6.07) is 9.13. The van der Waals surface area contributed by atoms with Crippen molar-refractivity contribution < 1.29 is 0 Å². The Bertz CT molecular complexity index is 743. The molecule has 126 valence electrons. The van der Waals surface area contributed by atoms with Gasteiger partial charge in [0.2, 0.25) is 5.95 Å². The molecule has 1 aliphatic heterocycles. The molecular weight excluding hydrogens is 298 g/mol. The molecular formula is C19H25N5. The van der Waals surface area contributed by atoms with Gasteiger partial charge >= 0.3 is 0 Å². The number of likely N-dealkylation sites (N-methyl/N-ethyl adjacent to an activating group) is 1. The number of hydrogen-bond donors (Lipinski definition) is 2. The SMILES string of the molecule is CN[C@@H]1CCN(c2nc(N)nc3c2CCCCc2ccccc2-3)C1. The quantitative estimate of drug-likeness (QED) is 0.888. The molecule has 1 aromatic heterocycles. The summed E-state index contributed by atoms with van der Waals surface area (Å²) < 4.78 is 0. The van der Waals surface area contributed by atoms with Crippen LogP contribution < -0.4 is 16.0 Å². The number of benzene rings is 1. The number of anilines is 2. The molecule has 1 aliphatic carbocycles. The summed E-state index contributed by atoms with van der Waals surface area (Å²) in [6.45, 7) is 2.01. The third-order valence-corrected chi connectivity index (χ3v) is 5.29. The first-order valence-corrected chi connectivity index (χ1v) is 8.93. The van der Waals surface area contributed by atoms with Crippen LogP contribution in [0.4, 0.5) is 11.8 Å². The van der Waals surface area contributed by atoms with Gasteiger partial charge in [-0.3, -0.25) is 0 Å². The Labute approximate surface area is 143 Å². The fourth-order valence-corrected chi connectivity index (χ4v) is 3.98. The number of nitrogen functional groups attached to an aromatic ring is 1. The molecule has 0 saturated carbocycles. The molecule has 2 aliphatic rings. The Morgan fingerprint density at radius 3 is 2.83 bits per heavy atom. The summed E-state index contributed by atoms with van der Waals surface area (Å²) in [5, 5.41) is 3.38. The van der Waals surface area contributed by atoms with E-state index < -0.39 is 0 Å². The predicted octanol–water partition coefficient (Wildman–Crippen LogP) is 2.40. The molecule has 5 heteroatoms. The highest BCUT2D eigenvalue weighted by Crippen LogP contribution is 2.36. The zero-order chi connectivity index (χ0) is 16.5. The molecule has 0 radical (unpaired) electrons. The van der Waals surface area contributed by atoms with E-state index in [1.807, 2.05) is 7.05 Å². The molecule has 2 aromatic rings. The van der Waals surface area contributed by atoms with Crippen LogP contribution in [0, 0.1) is 0 Å². The topological polar surface area (TPSA) is 67.1 Å². The lowest BCUT2D eigenvalue weighted by molar-refractivity contribution is 0.616. The molecule has 0 unspecified atom stereocenters. The number of nitrogens with one attached hydrogen (secondary N) is 1. The third kappa shape index (κ3) is 2.73. The first-order chi connectivity index (χ1) is 11.8. The summed E-state index contributed by atoms with van der Waals surface area (Å²) in [6.07, 6.45) is 5.66.